The second kappa shape index (κ2) is 22.4. The maximum absolute atomic E-state index is 13.4. The zero-order valence-corrected chi connectivity index (χ0v) is 38.9. The predicted octanol–water partition coefficient (Wildman–Crippen LogP) is 0.356. The zero-order chi connectivity index (χ0) is 50.8. The van der Waals surface area contributed by atoms with Gasteiger partial charge in [0.2, 0.25) is 11.8 Å². The third-order valence-electron chi connectivity index (χ3n) is 13.8. The van der Waals surface area contributed by atoms with Crippen molar-refractivity contribution >= 4 is 50.2 Å². The summed E-state index contributed by atoms with van der Waals surface area (Å²) in [4.78, 5) is 43.7. The summed E-state index contributed by atoms with van der Waals surface area (Å²) < 4.78 is 47.5. The van der Waals surface area contributed by atoms with Gasteiger partial charge in [0.15, 0.2) is 12.6 Å². The standard InChI is InChI=1S/C50H59NO21/c52-21-30-46-42(60)44(62)49(68-30)71-48-32(23-66-36(56)18-19-37(57)72-51-33(53)16-17-34(51)54)69-50(45(63)43(48)61)70-47-31(67-29(40(58)41(47)59)8-1-2-20-64-46)22-65-35(55)9-4-5-24-10-11-27-13-12-25-6-3-7-26-14-15-28(24)39(27)38(25)26/h3,6-7,10-17,29-32,40-50,52-54,58-63H,1-2,4-5,8-9,18-23H2. The Hall–Kier alpha value is -5.31. The third-order valence-corrected chi connectivity index (χ3v) is 13.8. The van der Waals surface area contributed by atoms with Crippen LogP contribution in [0.25, 0.3) is 32.3 Å². The number of aliphatic hydroxyl groups excluding tert-OH is 7. The number of hydrogen-bond donors (Lipinski definition) is 9. The first kappa shape index (κ1) is 51.6. The molecule has 390 valence electrons. The number of carbonyl (C=O) groups excluding carboxylic acids is 3. The van der Waals surface area contributed by atoms with Crippen molar-refractivity contribution < 1.29 is 103 Å². The van der Waals surface area contributed by atoms with Gasteiger partial charge in [0.1, 0.15) is 86.5 Å². The van der Waals surface area contributed by atoms with Crippen molar-refractivity contribution in [3.05, 3.63) is 72.3 Å². The largest absolute Gasteiger partial charge is 0.492 e. The lowest BCUT2D eigenvalue weighted by Crippen LogP contribution is -2.66. The number of aromatic hydroxyl groups is 2. The van der Waals surface area contributed by atoms with Crippen molar-refractivity contribution in [1.29, 1.82) is 0 Å². The van der Waals surface area contributed by atoms with Gasteiger partial charge < -0.3 is 88.7 Å². The van der Waals surface area contributed by atoms with Gasteiger partial charge in [0.05, 0.1) is 25.6 Å². The maximum Gasteiger partial charge on any atom is 0.333 e. The van der Waals surface area contributed by atoms with E-state index in [0.717, 1.165) is 44.6 Å². The van der Waals surface area contributed by atoms with Crippen molar-refractivity contribution in [3.63, 3.8) is 0 Å². The van der Waals surface area contributed by atoms with Gasteiger partial charge >= 0.3 is 17.9 Å². The van der Waals surface area contributed by atoms with Crippen LogP contribution in [0.4, 0.5) is 0 Å². The van der Waals surface area contributed by atoms with Gasteiger partial charge in [-0.2, -0.15) is 0 Å². The first-order valence-corrected chi connectivity index (χ1v) is 24.1. The number of carbonyl (C=O) groups is 3. The highest BCUT2D eigenvalue weighted by Crippen LogP contribution is 2.38. The van der Waals surface area contributed by atoms with Crippen LogP contribution in [-0.4, -0.2) is 187 Å². The van der Waals surface area contributed by atoms with Gasteiger partial charge in [-0.1, -0.05) is 54.6 Å². The highest BCUT2D eigenvalue weighted by atomic mass is 16.8. The van der Waals surface area contributed by atoms with Crippen LogP contribution in [0.5, 0.6) is 11.8 Å². The number of aromatic nitrogens is 1. The fraction of sp³-hybridized carbons (Fsp3) is 0.540. The third kappa shape index (κ3) is 10.8. The molecule has 22 nitrogen and oxygen atoms in total. The second-order valence-electron chi connectivity index (χ2n) is 18.6. The van der Waals surface area contributed by atoms with Crippen LogP contribution in [0, 0.1) is 0 Å². The SMILES string of the molecule is O=C(CCCc1ccc2ccc3cccc4ccc1c2c34)OCC1OC2CCCCOC3C(CO)OC(OC4C(COC(=O)CCC(=O)On5c(O)ccc5O)OC(OC1C(O)C2O)C(O)C4O)C(O)C3O. The van der Waals surface area contributed by atoms with E-state index in [1.165, 1.54) is 5.39 Å². The Labute approximate surface area is 410 Å². The number of nitrogens with zero attached hydrogens (tertiary/aromatic N) is 1. The van der Waals surface area contributed by atoms with E-state index in [4.69, 9.17) is 42.7 Å². The topological polar surface area (TPSA) is 321 Å². The smallest absolute Gasteiger partial charge is 0.333 e. The number of rotatable bonds is 13. The van der Waals surface area contributed by atoms with Crippen LogP contribution in [0.2, 0.25) is 0 Å². The van der Waals surface area contributed by atoms with E-state index in [9.17, 15) is 60.3 Å². The van der Waals surface area contributed by atoms with E-state index in [0.29, 0.717) is 30.4 Å². The molecule has 0 spiro atoms. The van der Waals surface area contributed by atoms with E-state index in [2.05, 4.69) is 48.5 Å². The fourth-order valence-corrected chi connectivity index (χ4v) is 10.0. The molecule has 13 rings (SSSR count). The lowest BCUT2D eigenvalue weighted by molar-refractivity contribution is -0.373. The molecule has 9 N–H and O–H groups in total. The minimum Gasteiger partial charge on any atom is -0.492 e. The van der Waals surface area contributed by atoms with E-state index in [1.54, 1.807) is 0 Å². The Bertz CT molecular complexity index is 2620. The maximum atomic E-state index is 13.4. The normalized spacial score (nSPS) is 32.4. The summed E-state index contributed by atoms with van der Waals surface area (Å²) >= 11 is 0. The van der Waals surface area contributed by atoms with Crippen LogP contribution in [0.15, 0.2) is 66.7 Å². The molecule has 15 atom stereocenters. The summed E-state index contributed by atoms with van der Waals surface area (Å²) in [7, 11) is 0. The minimum absolute atomic E-state index is 0.0149. The molecule has 8 aliphatic heterocycles. The molecule has 6 bridgehead atoms. The molecule has 0 amide bonds. The van der Waals surface area contributed by atoms with Gasteiger partial charge in [0.25, 0.3) is 0 Å². The van der Waals surface area contributed by atoms with Crippen LogP contribution in [0.1, 0.15) is 50.5 Å². The zero-order valence-electron chi connectivity index (χ0n) is 38.9. The average molecular weight is 1010 g/mol. The Morgan fingerprint density at radius 2 is 1.12 bits per heavy atom. The molecule has 22 heteroatoms. The second-order valence-corrected chi connectivity index (χ2v) is 18.6. The lowest BCUT2D eigenvalue weighted by atomic mass is 9.90. The van der Waals surface area contributed by atoms with Gasteiger partial charge in [-0.3, -0.25) is 9.59 Å². The summed E-state index contributed by atoms with van der Waals surface area (Å²) in [5.74, 6) is -3.84. The summed E-state index contributed by atoms with van der Waals surface area (Å²) in [6.45, 7) is -1.99. The molecule has 8 fully saturated rings. The fourth-order valence-electron chi connectivity index (χ4n) is 10.0. The first-order valence-electron chi connectivity index (χ1n) is 24.1. The molecule has 9 heterocycles. The van der Waals surface area contributed by atoms with Crippen molar-refractivity contribution in [1.82, 2.24) is 4.73 Å². The lowest BCUT2D eigenvalue weighted by Gasteiger charge is -2.48. The van der Waals surface area contributed by atoms with Crippen molar-refractivity contribution in [2.75, 3.05) is 26.4 Å². The predicted molar refractivity (Wildman–Crippen MR) is 246 cm³/mol. The number of benzene rings is 4. The summed E-state index contributed by atoms with van der Waals surface area (Å²) in [5, 5.41) is 105. The number of hydrogen-bond acceptors (Lipinski definition) is 21. The van der Waals surface area contributed by atoms with Crippen molar-refractivity contribution in [3.8, 4) is 11.8 Å². The number of esters is 2. The number of aryl methyl sites for hydroxylation is 1. The number of ether oxygens (including phenoxy) is 8. The summed E-state index contributed by atoms with van der Waals surface area (Å²) in [6.07, 6.45) is -23.8. The molecule has 8 saturated heterocycles. The average Bonchev–Trinajstić information content (AvgIpc) is 3.69. The Morgan fingerprint density at radius 1 is 0.569 bits per heavy atom. The number of fused-ring (bicyclic) bond motifs is 1. The van der Waals surface area contributed by atoms with Crippen molar-refractivity contribution in [2.45, 2.75) is 143 Å². The molecule has 0 radical (unpaired) electrons. The Balaban J connectivity index is 0.902. The molecular formula is C50H59NO21. The van der Waals surface area contributed by atoms with Gasteiger partial charge in [-0.25, -0.2) is 4.79 Å². The van der Waals surface area contributed by atoms with E-state index < -0.39 is 154 Å². The molecule has 0 aliphatic carbocycles. The van der Waals surface area contributed by atoms with E-state index in [1.807, 2.05) is 6.07 Å². The van der Waals surface area contributed by atoms with Crippen LogP contribution in [-0.2, 0) is 58.7 Å². The highest BCUT2D eigenvalue weighted by molar-refractivity contribution is 6.23. The number of aliphatic hydroxyl groups is 7. The highest BCUT2D eigenvalue weighted by Gasteiger charge is 2.54. The molecule has 72 heavy (non-hydrogen) atoms. The Kier molecular flexibility index (Phi) is 16.1. The first-order chi connectivity index (χ1) is 34.7. The van der Waals surface area contributed by atoms with E-state index in [-0.39, 0.29) is 19.4 Å². The molecule has 1 aromatic heterocycles. The van der Waals surface area contributed by atoms with Crippen LogP contribution < -0.4 is 4.84 Å². The minimum atomic E-state index is -2.04. The molecule has 15 unspecified atom stereocenters. The van der Waals surface area contributed by atoms with Crippen LogP contribution in [0.3, 0.4) is 0 Å². The quantitative estimate of drug-likeness (QED) is 0.0568. The van der Waals surface area contributed by atoms with Gasteiger partial charge in [-0.15, -0.1) is 4.73 Å². The molecule has 5 aromatic rings. The van der Waals surface area contributed by atoms with Gasteiger partial charge in [0, 0.05) is 25.2 Å². The molecule has 4 aromatic carbocycles. The van der Waals surface area contributed by atoms with Crippen molar-refractivity contribution in [2.24, 2.45) is 0 Å². The summed E-state index contributed by atoms with van der Waals surface area (Å²) in [6, 6.07) is 20.8. The van der Waals surface area contributed by atoms with E-state index >= 15 is 0 Å². The molecule has 8 aliphatic rings. The Morgan fingerprint density at radius 3 is 1.79 bits per heavy atom. The monoisotopic (exact) mass is 1010 g/mol. The van der Waals surface area contributed by atoms with Crippen LogP contribution >= 0.6 is 0 Å². The molecular weight excluding hydrogens is 951 g/mol. The summed E-state index contributed by atoms with van der Waals surface area (Å²) in [5.41, 5.74) is 1.07. The van der Waals surface area contributed by atoms with Gasteiger partial charge in [-0.05, 0) is 70.0 Å². The molecule has 0 saturated carbocycles.